The van der Waals surface area contributed by atoms with Crippen LogP contribution in [0.25, 0.3) is 10.9 Å². The highest BCUT2D eigenvalue weighted by atomic mass is 16.5. The molecule has 2 heterocycles. The number of ether oxygens (including phenoxy) is 1. The summed E-state index contributed by atoms with van der Waals surface area (Å²) in [5, 5.41) is 0.482. The fraction of sp³-hybridized carbons (Fsp3) is 0.385. The minimum atomic E-state index is -1.04. The maximum atomic E-state index is 13.1. The van der Waals surface area contributed by atoms with E-state index in [9.17, 15) is 14.4 Å². The molecule has 0 spiro atoms. The standard InChI is InChI=1S/C26H29N3O4/c1-3-28(4-2)25(31)23(18-11-7-5-8-12-18)33-26(32)19-14-15-20-21(17-19)27-22-13-9-6-10-16-29(22)24(20)30/h5,7-8,11-12,14-15,17,23H,3-4,6,9-10,13,16H2,1-2H3. The number of benzene rings is 2. The fourth-order valence-electron chi connectivity index (χ4n) is 4.31. The Balaban J connectivity index is 1.67. The average molecular weight is 448 g/mol. The van der Waals surface area contributed by atoms with Crippen LogP contribution in [-0.2, 0) is 22.5 Å². The number of esters is 1. The lowest BCUT2D eigenvalue weighted by molar-refractivity contribution is -0.140. The molecule has 0 N–H and O–H groups in total. The summed E-state index contributed by atoms with van der Waals surface area (Å²) >= 11 is 0. The molecule has 7 nitrogen and oxygen atoms in total. The number of fused-ring (bicyclic) bond motifs is 2. The Kier molecular flexibility index (Phi) is 6.87. The van der Waals surface area contributed by atoms with Crippen molar-refractivity contribution in [1.29, 1.82) is 0 Å². The van der Waals surface area contributed by atoms with Crippen LogP contribution in [0.1, 0.15) is 61.0 Å². The van der Waals surface area contributed by atoms with Crippen molar-refractivity contribution in [3.8, 4) is 0 Å². The van der Waals surface area contributed by atoms with Gasteiger partial charge in [0, 0.05) is 31.6 Å². The Morgan fingerprint density at radius 1 is 1.06 bits per heavy atom. The highest BCUT2D eigenvalue weighted by Gasteiger charge is 2.29. The number of nitrogens with zero attached hydrogens (tertiary/aromatic N) is 3. The van der Waals surface area contributed by atoms with Crippen molar-refractivity contribution in [2.45, 2.75) is 52.2 Å². The average Bonchev–Trinajstić information content (AvgIpc) is 3.09. The monoisotopic (exact) mass is 447 g/mol. The number of carbonyl (C=O) groups is 2. The van der Waals surface area contributed by atoms with Crippen molar-refractivity contribution in [1.82, 2.24) is 14.5 Å². The van der Waals surface area contributed by atoms with E-state index in [-0.39, 0.29) is 17.0 Å². The van der Waals surface area contributed by atoms with Crippen LogP contribution in [-0.4, -0.2) is 39.4 Å². The number of carbonyl (C=O) groups excluding carboxylic acids is 2. The summed E-state index contributed by atoms with van der Waals surface area (Å²) in [5.41, 5.74) is 1.29. The van der Waals surface area contributed by atoms with E-state index in [1.54, 1.807) is 39.8 Å². The number of likely N-dealkylation sites (N-methyl/N-ethyl adjacent to an activating group) is 1. The van der Waals surface area contributed by atoms with Crippen LogP contribution in [0.2, 0.25) is 0 Å². The molecule has 1 aliphatic rings. The van der Waals surface area contributed by atoms with Crippen molar-refractivity contribution >= 4 is 22.8 Å². The second-order valence-corrected chi connectivity index (χ2v) is 8.23. The Morgan fingerprint density at radius 2 is 1.82 bits per heavy atom. The lowest BCUT2D eigenvalue weighted by atomic mass is 10.1. The molecule has 1 amide bonds. The van der Waals surface area contributed by atoms with E-state index in [0.717, 1.165) is 31.5 Å². The van der Waals surface area contributed by atoms with Gasteiger partial charge in [0.2, 0.25) is 6.10 Å². The first-order valence-electron chi connectivity index (χ1n) is 11.6. The zero-order chi connectivity index (χ0) is 23.4. The summed E-state index contributed by atoms with van der Waals surface area (Å²) < 4.78 is 7.49. The van der Waals surface area contributed by atoms with Gasteiger partial charge >= 0.3 is 5.97 Å². The molecule has 1 unspecified atom stereocenters. The number of hydrogen-bond acceptors (Lipinski definition) is 5. The lowest BCUT2D eigenvalue weighted by Gasteiger charge is -2.25. The van der Waals surface area contributed by atoms with Gasteiger partial charge < -0.3 is 9.64 Å². The zero-order valence-corrected chi connectivity index (χ0v) is 19.1. The molecule has 1 aromatic heterocycles. The van der Waals surface area contributed by atoms with E-state index in [2.05, 4.69) is 4.98 Å². The largest absolute Gasteiger partial charge is 0.444 e. The summed E-state index contributed by atoms with van der Waals surface area (Å²) in [6.45, 7) is 5.49. The molecule has 33 heavy (non-hydrogen) atoms. The molecule has 3 aromatic rings. The minimum Gasteiger partial charge on any atom is -0.444 e. The number of hydrogen-bond donors (Lipinski definition) is 0. The molecule has 0 bridgehead atoms. The molecule has 0 fully saturated rings. The van der Waals surface area contributed by atoms with Crippen molar-refractivity contribution in [3.63, 3.8) is 0 Å². The summed E-state index contributed by atoms with van der Waals surface area (Å²) in [6.07, 6.45) is 2.73. The number of rotatable bonds is 6. The van der Waals surface area contributed by atoms with Crippen LogP contribution in [0.3, 0.4) is 0 Å². The van der Waals surface area contributed by atoms with Gasteiger partial charge in [-0.15, -0.1) is 0 Å². The topological polar surface area (TPSA) is 81.5 Å². The highest BCUT2D eigenvalue weighted by Crippen LogP contribution is 2.23. The minimum absolute atomic E-state index is 0.0734. The Hall–Kier alpha value is -3.48. The second kappa shape index (κ2) is 9.98. The van der Waals surface area contributed by atoms with E-state index >= 15 is 0 Å². The summed E-state index contributed by atoms with van der Waals surface area (Å²) in [4.78, 5) is 45.5. The van der Waals surface area contributed by atoms with Crippen LogP contribution >= 0.6 is 0 Å². The molecular formula is C26H29N3O4. The van der Waals surface area contributed by atoms with Crippen molar-refractivity contribution in [2.75, 3.05) is 13.1 Å². The van der Waals surface area contributed by atoms with Crippen LogP contribution < -0.4 is 5.56 Å². The predicted molar refractivity (Wildman–Crippen MR) is 126 cm³/mol. The van der Waals surface area contributed by atoms with E-state index in [1.165, 1.54) is 0 Å². The smallest absolute Gasteiger partial charge is 0.339 e. The van der Waals surface area contributed by atoms with E-state index < -0.39 is 12.1 Å². The van der Waals surface area contributed by atoms with Gasteiger partial charge in [-0.3, -0.25) is 14.2 Å². The van der Waals surface area contributed by atoms with Gasteiger partial charge in [-0.25, -0.2) is 9.78 Å². The first-order valence-corrected chi connectivity index (χ1v) is 11.6. The summed E-state index contributed by atoms with van der Waals surface area (Å²) in [5.74, 6) is -0.125. The molecule has 1 atom stereocenters. The van der Waals surface area contributed by atoms with Crippen molar-refractivity contribution in [2.24, 2.45) is 0 Å². The van der Waals surface area contributed by atoms with Gasteiger partial charge in [-0.1, -0.05) is 36.8 Å². The van der Waals surface area contributed by atoms with Crippen LogP contribution in [0, 0.1) is 0 Å². The molecule has 0 saturated carbocycles. The molecule has 4 rings (SSSR count). The van der Waals surface area contributed by atoms with Crippen LogP contribution in [0.5, 0.6) is 0 Å². The van der Waals surface area contributed by atoms with Crippen molar-refractivity contribution in [3.05, 3.63) is 75.8 Å². The first-order chi connectivity index (χ1) is 16.0. The Morgan fingerprint density at radius 3 is 2.55 bits per heavy atom. The third-order valence-electron chi connectivity index (χ3n) is 6.18. The summed E-state index contributed by atoms with van der Waals surface area (Å²) in [6, 6.07) is 13.8. The molecule has 0 saturated heterocycles. The molecule has 0 aliphatic carbocycles. The normalized spacial score (nSPS) is 14.2. The molecule has 7 heteroatoms. The van der Waals surface area contributed by atoms with Gasteiger partial charge in [0.25, 0.3) is 11.5 Å². The van der Waals surface area contributed by atoms with E-state index in [0.29, 0.717) is 36.1 Å². The molecular weight excluding hydrogens is 418 g/mol. The summed E-state index contributed by atoms with van der Waals surface area (Å²) in [7, 11) is 0. The number of aromatic nitrogens is 2. The molecule has 0 radical (unpaired) electrons. The van der Waals surface area contributed by atoms with Crippen LogP contribution in [0.15, 0.2) is 53.3 Å². The maximum Gasteiger partial charge on any atom is 0.339 e. The maximum absolute atomic E-state index is 13.1. The number of aryl methyl sites for hydroxylation is 1. The Bertz CT molecular complexity index is 1220. The van der Waals surface area contributed by atoms with Gasteiger partial charge in [0.15, 0.2) is 0 Å². The van der Waals surface area contributed by atoms with E-state index in [1.807, 2.05) is 32.0 Å². The zero-order valence-electron chi connectivity index (χ0n) is 19.1. The first kappa shape index (κ1) is 22.7. The van der Waals surface area contributed by atoms with Crippen LogP contribution in [0.4, 0.5) is 0 Å². The molecule has 172 valence electrons. The van der Waals surface area contributed by atoms with Gasteiger partial charge in [-0.2, -0.15) is 0 Å². The quantitative estimate of drug-likeness (QED) is 0.536. The fourth-order valence-corrected chi connectivity index (χ4v) is 4.31. The Labute approximate surface area is 193 Å². The van der Waals surface area contributed by atoms with Gasteiger partial charge in [0.1, 0.15) is 5.82 Å². The predicted octanol–water partition coefficient (Wildman–Crippen LogP) is 3.89. The van der Waals surface area contributed by atoms with E-state index in [4.69, 9.17) is 4.74 Å². The van der Waals surface area contributed by atoms with Crippen molar-refractivity contribution < 1.29 is 14.3 Å². The van der Waals surface area contributed by atoms with Gasteiger partial charge in [-0.05, 0) is 44.9 Å². The third kappa shape index (κ3) is 4.67. The van der Waals surface area contributed by atoms with Gasteiger partial charge in [0.05, 0.1) is 16.5 Å². The molecule has 1 aliphatic heterocycles. The SMILES string of the molecule is CCN(CC)C(=O)C(OC(=O)c1ccc2c(=O)n3c(nc2c1)CCCCC3)c1ccccc1. The lowest BCUT2D eigenvalue weighted by Crippen LogP contribution is -2.36. The second-order valence-electron chi connectivity index (χ2n) is 8.23. The third-order valence-corrected chi connectivity index (χ3v) is 6.18. The molecule has 2 aromatic carbocycles. The highest BCUT2D eigenvalue weighted by molar-refractivity contribution is 5.96. The number of amides is 1.